The molecule has 3 aromatic rings. The van der Waals surface area contributed by atoms with Gasteiger partial charge in [0.05, 0.1) is 30.6 Å². The van der Waals surface area contributed by atoms with Crippen LogP contribution in [0.5, 0.6) is 0 Å². The fraction of sp³-hybridized carbons (Fsp3) is 0.414. The van der Waals surface area contributed by atoms with Gasteiger partial charge in [0.25, 0.3) is 0 Å². The molecule has 12 heteroatoms. The lowest BCUT2D eigenvalue weighted by atomic mass is 10.0. The molecular formula is C29H34F2N7O3+. The highest BCUT2D eigenvalue weighted by Gasteiger charge is 2.41. The first-order chi connectivity index (χ1) is 19.9. The molecule has 216 valence electrons. The summed E-state index contributed by atoms with van der Waals surface area (Å²) in [5.74, 6) is -1.82. The lowest BCUT2D eigenvalue weighted by Gasteiger charge is -2.37. The van der Waals surface area contributed by atoms with Gasteiger partial charge in [-0.05, 0) is 18.7 Å². The van der Waals surface area contributed by atoms with Crippen molar-refractivity contribution in [3.63, 3.8) is 0 Å². The van der Waals surface area contributed by atoms with Crippen molar-refractivity contribution in [2.75, 3.05) is 63.8 Å². The number of methoxy groups -OCH3 is 2. The molecule has 2 amide bonds. The summed E-state index contributed by atoms with van der Waals surface area (Å²) in [6.07, 6.45) is 0.570. The van der Waals surface area contributed by atoms with Gasteiger partial charge in [0.15, 0.2) is 11.7 Å². The van der Waals surface area contributed by atoms with Crippen LogP contribution in [0.1, 0.15) is 18.9 Å². The second kappa shape index (κ2) is 10.7. The Morgan fingerprint density at radius 3 is 2.51 bits per heavy atom. The number of halogens is 2. The monoisotopic (exact) mass is 566 g/mol. The van der Waals surface area contributed by atoms with Gasteiger partial charge in [0.1, 0.15) is 28.6 Å². The molecule has 1 aliphatic carbocycles. The highest BCUT2D eigenvalue weighted by molar-refractivity contribution is 6.08. The molecule has 1 unspecified atom stereocenters. The Kier molecular flexibility index (Phi) is 7.12. The smallest absolute Gasteiger partial charge is 0.357 e. The fourth-order valence-corrected chi connectivity index (χ4v) is 5.97. The number of hydrogen-bond acceptors (Lipinski definition) is 6. The van der Waals surface area contributed by atoms with Gasteiger partial charge >= 0.3 is 11.7 Å². The maximum absolute atomic E-state index is 15.4. The molecule has 0 spiro atoms. The molecule has 6 rings (SSSR count). The van der Waals surface area contributed by atoms with E-state index in [9.17, 15) is 4.79 Å². The van der Waals surface area contributed by atoms with Crippen molar-refractivity contribution >= 4 is 28.4 Å². The van der Waals surface area contributed by atoms with Gasteiger partial charge in [0.2, 0.25) is 0 Å². The van der Waals surface area contributed by atoms with E-state index in [0.717, 1.165) is 60.0 Å². The van der Waals surface area contributed by atoms with E-state index in [4.69, 9.17) is 9.47 Å². The van der Waals surface area contributed by atoms with Crippen LogP contribution >= 0.6 is 0 Å². The largest absolute Gasteiger partial charge is 0.498 e. The first-order valence-corrected chi connectivity index (χ1v) is 13.8. The quantitative estimate of drug-likeness (QED) is 0.486. The number of amides is 2. The van der Waals surface area contributed by atoms with Crippen LogP contribution in [0.4, 0.5) is 25.0 Å². The molecule has 41 heavy (non-hydrogen) atoms. The zero-order valence-electron chi connectivity index (χ0n) is 23.6. The van der Waals surface area contributed by atoms with E-state index in [-0.39, 0.29) is 18.7 Å². The number of likely N-dealkylation sites (N-methyl/N-ethyl adjacent to an activating group) is 1. The second-order valence-corrected chi connectivity index (χ2v) is 10.4. The summed E-state index contributed by atoms with van der Waals surface area (Å²) >= 11 is 0. The summed E-state index contributed by atoms with van der Waals surface area (Å²) in [5, 5.41) is 8.30. The molecule has 1 aromatic carbocycles. The van der Waals surface area contributed by atoms with Crippen LogP contribution in [0.2, 0.25) is 0 Å². The number of hydrogen-bond donors (Lipinski definition) is 1. The molecule has 4 heterocycles. The molecule has 0 bridgehead atoms. The molecule has 3 aliphatic rings. The van der Waals surface area contributed by atoms with E-state index >= 15 is 8.78 Å². The van der Waals surface area contributed by atoms with Crippen LogP contribution in [0.15, 0.2) is 53.6 Å². The highest BCUT2D eigenvalue weighted by Crippen LogP contribution is 2.42. The number of ether oxygens (including phenoxy) is 2. The molecule has 1 fully saturated rings. The average molecular weight is 567 g/mol. The molecule has 1 saturated heterocycles. The molecule has 10 nitrogen and oxygen atoms in total. The minimum atomic E-state index is -1.05. The summed E-state index contributed by atoms with van der Waals surface area (Å²) in [5.41, 5.74) is 4.23. The Bertz CT molecular complexity index is 1540. The van der Waals surface area contributed by atoms with Crippen LogP contribution in [-0.2, 0) is 16.0 Å². The van der Waals surface area contributed by atoms with Gasteiger partial charge in [-0.25, -0.2) is 18.6 Å². The van der Waals surface area contributed by atoms with Gasteiger partial charge in [-0.2, -0.15) is 5.10 Å². The van der Waals surface area contributed by atoms with Crippen molar-refractivity contribution < 1.29 is 28.0 Å². The van der Waals surface area contributed by atoms with Crippen molar-refractivity contribution in [2.24, 2.45) is 0 Å². The van der Waals surface area contributed by atoms with Gasteiger partial charge in [-0.3, -0.25) is 9.80 Å². The number of urea groups is 1. The third kappa shape index (κ3) is 4.51. The van der Waals surface area contributed by atoms with E-state index in [2.05, 4.69) is 44.0 Å². The van der Waals surface area contributed by atoms with E-state index in [0.29, 0.717) is 16.9 Å². The summed E-state index contributed by atoms with van der Waals surface area (Å²) in [6, 6.07) is 7.72. The predicted octanol–water partition coefficient (Wildman–Crippen LogP) is 3.99. The lowest BCUT2D eigenvalue weighted by Crippen LogP contribution is -2.46. The van der Waals surface area contributed by atoms with Crippen LogP contribution in [-0.4, -0.2) is 86.1 Å². The number of carbonyl (C=O) groups excluding carboxylic acids is 1. The van der Waals surface area contributed by atoms with Gasteiger partial charge < -0.3 is 19.3 Å². The normalized spacial score (nSPS) is 20.4. The fourth-order valence-electron chi connectivity index (χ4n) is 5.97. The number of aromatic nitrogens is 3. The molecule has 0 radical (unpaired) electrons. The number of aromatic amines is 2. The third-order valence-electron chi connectivity index (χ3n) is 8.35. The number of H-pyrrole nitrogens is 2. The Morgan fingerprint density at radius 2 is 1.85 bits per heavy atom. The Hall–Kier alpha value is -4.03. The summed E-state index contributed by atoms with van der Waals surface area (Å²) in [4.78, 5) is 24.2. The minimum absolute atomic E-state index is 0.0537. The number of pyridine rings is 1. The number of nitrogens with zero attached hydrogens (tertiary/aromatic N) is 5. The van der Waals surface area contributed by atoms with Gasteiger partial charge in [-0.15, -0.1) is 0 Å². The molecule has 2 aliphatic heterocycles. The Labute approximate surface area is 236 Å². The number of carbonyl (C=O) groups is 1. The molecule has 1 atom stereocenters. The topological polar surface area (TPSA) is 91.3 Å². The number of piperazine rings is 1. The van der Waals surface area contributed by atoms with Crippen molar-refractivity contribution in [3.05, 3.63) is 59.1 Å². The predicted molar refractivity (Wildman–Crippen MR) is 150 cm³/mol. The number of nitrogens with one attached hydrogen (secondary N) is 2. The molecule has 2 aromatic heterocycles. The maximum Gasteiger partial charge on any atom is 0.357 e. The van der Waals surface area contributed by atoms with Gasteiger partial charge in [-0.1, -0.05) is 19.1 Å². The van der Waals surface area contributed by atoms with Crippen LogP contribution in [0, 0.1) is 0 Å². The van der Waals surface area contributed by atoms with Crippen molar-refractivity contribution in [2.45, 2.75) is 26.0 Å². The zero-order valence-corrected chi connectivity index (χ0v) is 23.6. The highest BCUT2D eigenvalue weighted by atomic mass is 19.1. The van der Waals surface area contributed by atoms with Crippen LogP contribution in [0.3, 0.4) is 0 Å². The summed E-state index contributed by atoms with van der Waals surface area (Å²) in [7, 11) is 4.24. The molecule has 2 N–H and O–H groups in total. The zero-order chi connectivity index (χ0) is 28.8. The average Bonchev–Trinajstić information content (AvgIpc) is 3.44. The SMILES string of the molecule is CCN1CCN(c2ccc(-c3[nH]nc4[nH+]cc5c(c34)N(C)C(=O)N(C3=C(F)C(OC)CC(OC)=C3F)C5)cc2)CC1. The molecule has 0 saturated carbocycles. The second-order valence-electron chi connectivity index (χ2n) is 10.4. The van der Waals surface area contributed by atoms with E-state index < -0.39 is 29.5 Å². The van der Waals surface area contributed by atoms with E-state index in [1.54, 1.807) is 13.2 Å². The van der Waals surface area contributed by atoms with E-state index in [1.807, 2.05) is 12.1 Å². The summed E-state index contributed by atoms with van der Waals surface area (Å²) < 4.78 is 41.2. The number of anilines is 2. The van der Waals surface area contributed by atoms with E-state index in [1.165, 1.54) is 19.1 Å². The Morgan fingerprint density at radius 1 is 1.12 bits per heavy atom. The number of fused-ring (bicyclic) bond motifs is 3. The number of allylic oxidation sites excluding steroid dienone is 1. The lowest BCUT2D eigenvalue weighted by molar-refractivity contribution is -0.348. The van der Waals surface area contributed by atoms with Gasteiger partial charge in [0, 0.05) is 63.6 Å². The van der Waals surface area contributed by atoms with Crippen LogP contribution in [0.25, 0.3) is 22.3 Å². The standard InChI is InChI=1S/C29H33F2N7O3/c1-5-36-10-12-37(13-11-36)19-8-6-17(7-9-19)25-22-26-18(15-32-28(22)34-33-25)16-38(29(39)35(26)2)27-23(30)20(40-3)14-21(41-4)24(27)31/h6-9,15,20H,5,10-14,16H2,1-4H3,(H,32,33,34)/p+1. The van der Waals surface area contributed by atoms with Crippen molar-refractivity contribution in [1.82, 2.24) is 20.0 Å². The van der Waals surface area contributed by atoms with Crippen LogP contribution < -0.4 is 14.8 Å². The third-order valence-corrected chi connectivity index (χ3v) is 8.35. The Balaban J connectivity index is 1.36. The summed E-state index contributed by atoms with van der Waals surface area (Å²) in [6.45, 7) is 7.25. The minimum Gasteiger partial charge on any atom is -0.498 e. The number of benzene rings is 1. The van der Waals surface area contributed by atoms with Crippen molar-refractivity contribution in [1.29, 1.82) is 0 Å². The maximum atomic E-state index is 15.4. The first-order valence-electron chi connectivity index (χ1n) is 13.8. The first kappa shape index (κ1) is 27.2. The van der Waals surface area contributed by atoms with Crippen molar-refractivity contribution in [3.8, 4) is 11.3 Å². The number of rotatable bonds is 6. The molecular weight excluding hydrogens is 532 g/mol.